The summed E-state index contributed by atoms with van der Waals surface area (Å²) in [6.07, 6.45) is 1.69. The van der Waals surface area contributed by atoms with Gasteiger partial charge in [0, 0.05) is 33.9 Å². The van der Waals surface area contributed by atoms with E-state index in [-0.39, 0.29) is 5.91 Å². The maximum absolute atomic E-state index is 11.8. The van der Waals surface area contributed by atoms with Crippen LogP contribution in [0.3, 0.4) is 0 Å². The number of nitrogens with two attached hydrogens (primary N) is 2. The minimum atomic E-state index is -0.173. The smallest absolute Gasteiger partial charge is 0.268 e. The van der Waals surface area contributed by atoms with Crippen molar-refractivity contribution in [1.82, 2.24) is 14.8 Å². The molecule has 7 heteroatoms. The van der Waals surface area contributed by atoms with Gasteiger partial charge >= 0.3 is 0 Å². The second kappa shape index (κ2) is 5.95. The van der Waals surface area contributed by atoms with E-state index >= 15 is 0 Å². The van der Waals surface area contributed by atoms with Crippen molar-refractivity contribution in [3.05, 3.63) is 18.0 Å². The minimum Gasteiger partial charge on any atom is -0.397 e. The number of nitrogen functional groups attached to an aromatic ring is 1. The third-order valence-corrected chi connectivity index (χ3v) is 2.39. The van der Waals surface area contributed by atoms with E-state index in [2.05, 4.69) is 10.3 Å². The Labute approximate surface area is 106 Å². The average Bonchev–Trinajstić information content (AvgIpc) is 2.63. The summed E-state index contributed by atoms with van der Waals surface area (Å²) in [6, 6.07) is 1.63. The molecular weight excluding hydrogens is 232 g/mol. The van der Waals surface area contributed by atoms with Crippen molar-refractivity contribution >= 4 is 17.6 Å². The molecule has 0 aliphatic heterocycles. The Morgan fingerprint density at radius 1 is 1.56 bits per heavy atom. The lowest BCUT2D eigenvalue weighted by atomic mass is 10.4. The fraction of sp³-hybridized carbons (Fsp3) is 0.455. The summed E-state index contributed by atoms with van der Waals surface area (Å²) in [5.41, 5.74) is 12.3. The molecule has 5 N–H and O–H groups in total. The van der Waals surface area contributed by atoms with Crippen LogP contribution in [0.4, 0.5) is 5.69 Å². The lowest BCUT2D eigenvalue weighted by molar-refractivity contribution is 0.0946. The molecule has 1 aromatic heterocycles. The highest BCUT2D eigenvalue weighted by Gasteiger charge is 2.09. The van der Waals surface area contributed by atoms with Crippen molar-refractivity contribution in [1.29, 1.82) is 0 Å². The van der Waals surface area contributed by atoms with Crippen molar-refractivity contribution in [2.45, 2.75) is 0 Å². The Morgan fingerprint density at radius 2 is 2.22 bits per heavy atom. The Bertz CT molecular complexity index is 448. The predicted molar refractivity (Wildman–Crippen MR) is 72.3 cm³/mol. The second-order valence-electron chi connectivity index (χ2n) is 4.16. The van der Waals surface area contributed by atoms with E-state index in [9.17, 15) is 4.79 Å². The fourth-order valence-corrected chi connectivity index (χ4v) is 1.39. The topological polar surface area (TPSA) is 102 Å². The molecule has 0 aliphatic rings. The van der Waals surface area contributed by atoms with E-state index in [1.165, 1.54) is 0 Å². The summed E-state index contributed by atoms with van der Waals surface area (Å²) < 4.78 is 1.68. The molecule has 0 spiro atoms. The third-order valence-electron chi connectivity index (χ3n) is 2.39. The largest absolute Gasteiger partial charge is 0.397 e. The van der Waals surface area contributed by atoms with E-state index in [4.69, 9.17) is 11.5 Å². The molecule has 0 unspecified atom stereocenters. The first kappa shape index (κ1) is 13.9. The van der Waals surface area contributed by atoms with Crippen LogP contribution in [0.1, 0.15) is 10.5 Å². The van der Waals surface area contributed by atoms with Crippen molar-refractivity contribution in [2.24, 2.45) is 17.8 Å². The third kappa shape index (κ3) is 3.69. The molecule has 0 atom stereocenters. The number of aromatic nitrogens is 1. The number of carbonyl (C=O) groups is 1. The number of hydrogen-bond acceptors (Lipinski definition) is 3. The Balaban J connectivity index is 2.43. The molecule has 1 amide bonds. The van der Waals surface area contributed by atoms with E-state index in [1.807, 2.05) is 14.1 Å². The molecule has 1 aromatic rings. The molecule has 18 heavy (non-hydrogen) atoms. The molecule has 100 valence electrons. The molecule has 0 saturated heterocycles. The number of nitrogens with zero attached hydrogens (tertiary/aromatic N) is 3. The van der Waals surface area contributed by atoms with Gasteiger partial charge in [-0.15, -0.1) is 0 Å². The molecule has 0 saturated carbocycles. The number of rotatable bonds is 4. The number of aryl methyl sites for hydroxylation is 1. The molecule has 0 radical (unpaired) electrons. The van der Waals surface area contributed by atoms with Gasteiger partial charge in [-0.3, -0.25) is 9.79 Å². The van der Waals surface area contributed by atoms with Crippen LogP contribution in [0.25, 0.3) is 0 Å². The lowest BCUT2D eigenvalue weighted by Crippen LogP contribution is -2.32. The first-order valence-electron chi connectivity index (χ1n) is 5.59. The summed E-state index contributed by atoms with van der Waals surface area (Å²) in [4.78, 5) is 17.6. The SMILES string of the molecule is CN(C)C(N)=NCCNC(=O)c1cc(N)cn1C. The lowest BCUT2D eigenvalue weighted by Gasteiger charge is -2.10. The zero-order chi connectivity index (χ0) is 13.7. The van der Waals surface area contributed by atoms with Crippen LogP contribution in [-0.2, 0) is 7.05 Å². The van der Waals surface area contributed by atoms with Crippen LogP contribution >= 0.6 is 0 Å². The minimum absolute atomic E-state index is 0.173. The molecule has 7 nitrogen and oxygen atoms in total. The van der Waals surface area contributed by atoms with Gasteiger partial charge in [0.25, 0.3) is 5.91 Å². The van der Waals surface area contributed by atoms with E-state index in [1.54, 1.807) is 28.8 Å². The van der Waals surface area contributed by atoms with Gasteiger partial charge in [0.05, 0.1) is 12.2 Å². The molecule has 0 bridgehead atoms. The van der Waals surface area contributed by atoms with Crippen molar-refractivity contribution in [3.8, 4) is 0 Å². The number of nitrogens with one attached hydrogen (secondary N) is 1. The molecule has 1 rings (SSSR count). The quantitative estimate of drug-likeness (QED) is 0.371. The molecule has 0 aliphatic carbocycles. The second-order valence-corrected chi connectivity index (χ2v) is 4.16. The number of anilines is 1. The Hall–Kier alpha value is -2.18. The number of aliphatic imine (C=N–C) groups is 1. The van der Waals surface area contributed by atoms with Gasteiger partial charge in [-0.2, -0.15) is 0 Å². The van der Waals surface area contributed by atoms with Crippen LogP contribution in [0, 0.1) is 0 Å². The van der Waals surface area contributed by atoms with Crippen LogP contribution in [0.2, 0.25) is 0 Å². The van der Waals surface area contributed by atoms with Crippen LogP contribution < -0.4 is 16.8 Å². The van der Waals surface area contributed by atoms with Gasteiger partial charge in [0.1, 0.15) is 5.69 Å². The van der Waals surface area contributed by atoms with E-state index < -0.39 is 0 Å². The first-order chi connectivity index (χ1) is 8.41. The number of amides is 1. The van der Waals surface area contributed by atoms with Gasteiger partial charge in [-0.05, 0) is 6.07 Å². The average molecular weight is 252 g/mol. The van der Waals surface area contributed by atoms with Gasteiger partial charge in [-0.25, -0.2) is 0 Å². The van der Waals surface area contributed by atoms with Crippen molar-refractivity contribution in [2.75, 3.05) is 32.9 Å². The summed E-state index contributed by atoms with van der Waals surface area (Å²) in [7, 11) is 5.39. The number of hydrogen-bond donors (Lipinski definition) is 3. The standard InChI is InChI=1S/C11H20N6O/c1-16(2)11(13)15-5-4-14-10(18)9-6-8(12)7-17(9)3/h6-7H,4-5,12H2,1-3H3,(H2,13,15)(H,14,18). The maximum Gasteiger partial charge on any atom is 0.268 e. The normalized spacial score (nSPS) is 11.4. The summed E-state index contributed by atoms with van der Waals surface area (Å²) >= 11 is 0. The van der Waals surface area contributed by atoms with Gasteiger partial charge in [0.2, 0.25) is 0 Å². The molecular formula is C11H20N6O. The summed E-state index contributed by atoms with van der Waals surface area (Å²) in [5.74, 6) is 0.264. The monoisotopic (exact) mass is 252 g/mol. The molecule has 1 heterocycles. The summed E-state index contributed by atoms with van der Waals surface area (Å²) in [6.45, 7) is 0.869. The summed E-state index contributed by atoms with van der Waals surface area (Å²) in [5, 5.41) is 2.75. The van der Waals surface area contributed by atoms with Crippen molar-refractivity contribution in [3.63, 3.8) is 0 Å². The zero-order valence-electron chi connectivity index (χ0n) is 11.0. The Kier molecular flexibility index (Phi) is 4.59. The van der Waals surface area contributed by atoms with Gasteiger partial charge in [0.15, 0.2) is 5.96 Å². The highest BCUT2D eigenvalue weighted by Crippen LogP contribution is 2.07. The highest BCUT2D eigenvalue weighted by atomic mass is 16.1. The van der Waals surface area contributed by atoms with Crippen LogP contribution in [0.15, 0.2) is 17.3 Å². The zero-order valence-corrected chi connectivity index (χ0v) is 11.0. The van der Waals surface area contributed by atoms with Crippen LogP contribution in [0.5, 0.6) is 0 Å². The Morgan fingerprint density at radius 3 is 2.72 bits per heavy atom. The van der Waals surface area contributed by atoms with E-state index in [0.29, 0.717) is 30.4 Å². The number of carbonyl (C=O) groups excluding carboxylic acids is 1. The number of guanidine groups is 1. The van der Waals surface area contributed by atoms with E-state index in [0.717, 1.165) is 0 Å². The van der Waals surface area contributed by atoms with Crippen LogP contribution in [-0.4, -0.2) is 48.5 Å². The molecule has 0 aromatic carbocycles. The highest BCUT2D eigenvalue weighted by molar-refractivity contribution is 5.93. The maximum atomic E-state index is 11.8. The molecule has 0 fully saturated rings. The van der Waals surface area contributed by atoms with Crippen molar-refractivity contribution < 1.29 is 4.79 Å². The first-order valence-corrected chi connectivity index (χ1v) is 5.59. The fourth-order valence-electron chi connectivity index (χ4n) is 1.39. The van der Waals surface area contributed by atoms with Gasteiger partial charge < -0.3 is 26.3 Å². The van der Waals surface area contributed by atoms with Gasteiger partial charge in [-0.1, -0.05) is 0 Å². The predicted octanol–water partition coefficient (Wildman–Crippen LogP) is -0.787.